The lowest BCUT2D eigenvalue weighted by molar-refractivity contribution is 0.126. The van der Waals surface area contributed by atoms with Gasteiger partial charge in [-0.15, -0.1) is 0 Å². The second-order valence-corrected chi connectivity index (χ2v) is 6.38. The molecule has 2 unspecified atom stereocenters. The molecule has 5 nitrogen and oxygen atoms in total. The van der Waals surface area contributed by atoms with Gasteiger partial charge in [0.2, 0.25) is 10.0 Å². The van der Waals surface area contributed by atoms with Gasteiger partial charge in [-0.3, -0.25) is 0 Å². The lowest BCUT2D eigenvalue weighted by Crippen LogP contribution is -2.37. The molecule has 1 aromatic carbocycles. The van der Waals surface area contributed by atoms with Gasteiger partial charge in [0.25, 0.3) is 0 Å². The first-order valence-electron chi connectivity index (χ1n) is 5.87. The number of sulfonamides is 1. The van der Waals surface area contributed by atoms with Crippen LogP contribution in [0.3, 0.4) is 0 Å². The molecule has 100 valence electrons. The number of phenols is 1. The lowest BCUT2D eigenvalue weighted by Gasteiger charge is -2.16. The van der Waals surface area contributed by atoms with Crippen LogP contribution in [0.25, 0.3) is 0 Å². The topological polar surface area (TPSA) is 75.6 Å². The van der Waals surface area contributed by atoms with Crippen molar-refractivity contribution in [3.05, 3.63) is 29.8 Å². The number of hydrogen-bond acceptors (Lipinski definition) is 4. The number of phenolic OH excluding ortho intramolecular Hbond substituents is 1. The largest absolute Gasteiger partial charge is 0.508 e. The van der Waals surface area contributed by atoms with Gasteiger partial charge in [-0.1, -0.05) is 18.2 Å². The zero-order valence-corrected chi connectivity index (χ0v) is 11.0. The Morgan fingerprint density at radius 1 is 1.44 bits per heavy atom. The van der Waals surface area contributed by atoms with E-state index in [2.05, 4.69) is 4.72 Å². The molecule has 0 saturated carbocycles. The van der Waals surface area contributed by atoms with Crippen LogP contribution in [0.15, 0.2) is 24.3 Å². The van der Waals surface area contributed by atoms with Crippen molar-refractivity contribution in [1.29, 1.82) is 0 Å². The summed E-state index contributed by atoms with van der Waals surface area (Å²) in [6.07, 6.45) is 0.226. The van der Waals surface area contributed by atoms with Crippen molar-refractivity contribution in [3.8, 4) is 5.75 Å². The van der Waals surface area contributed by atoms with E-state index in [1.165, 1.54) is 6.07 Å². The van der Waals surface area contributed by atoms with E-state index in [0.717, 1.165) is 0 Å². The van der Waals surface area contributed by atoms with E-state index in [0.29, 0.717) is 18.6 Å². The molecule has 1 heterocycles. The van der Waals surface area contributed by atoms with Crippen LogP contribution in [0.4, 0.5) is 0 Å². The molecule has 0 bridgehead atoms. The summed E-state index contributed by atoms with van der Waals surface area (Å²) in [4.78, 5) is 0. The predicted molar refractivity (Wildman–Crippen MR) is 67.7 cm³/mol. The number of ether oxygens (including phenoxy) is 1. The van der Waals surface area contributed by atoms with E-state index in [-0.39, 0.29) is 18.4 Å². The number of rotatable bonds is 4. The summed E-state index contributed by atoms with van der Waals surface area (Å²) in [5.41, 5.74) is 0.563. The number of benzene rings is 1. The average molecular weight is 271 g/mol. The Labute approximate surface area is 107 Å². The highest BCUT2D eigenvalue weighted by atomic mass is 32.2. The number of para-hydroxylation sites is 1. The Bertz CT molecular complexity index is 515. The van der Waals surface area contributed by atoms with Gasteiger partial charge in [-0.05, 0) is 19.4 Å². The smallest absolute Gasteiger partial charge is 0.217 e. The molecule has 6 heteroatoms. The van der Waals surface area contributed by atoms with E-state index >= 15 is 0 Å². The van der Waals surface area contributed by atoms with Gasteiger partial charge in [0.1, 0.15) is 11.0 Å². The molecule has 1 saturated heterocycles. The summed E-state index contributed by atoms with van der Waals surface area (Å²) >= 11 is 0. The third-order valence-corrected chi connectivity index (χ3v) is 5.12. The molecule has 2 N–H and O–H groups in total. The summed E-state index contributed by atoms with van der Waals surface area (Å²) < 4.78 is 31.9. The van der Waals surface area contributed by atoms with Gasteiger partial charge in [0, 0.05) is 18.7 Å². The highest BCUT2D eigenvalue weighted by molar-refractivity contribution is 7.90. The van der Waals surface area contributed by atoms with Crippen LogP contribution < -0.4 is 4.72 Å². The maximum atomic E-state index is 12.1. The van der Waals surface area contributed by atoms with Crippen LogP contribution in [0.5, 0.6) is 5.75 Å². The van der Waals surface area contributed by atoms with Crippen LogP contribution in [-0.2, 0) is 21.3 Å². The molecular formula is C12H17NO4S. The molecule has 1 aromatic rings. The highest BCUT2D eigenvalue weighted by Crippen LogP contribution is 2.21. The van der Waals surface area contributed by atoms with Gasteiger partial charge >= 0.3 is 0 Å². The summed E-state index contributed by atoms with van der Waals surface area (Å²) in [7, 11) is -3.41. The molecule has 0 amide bonds. The summed E-state index contributed by atoms with van der Waals surface area (Å²) in [5, 5.41) is 9.05. The predicted octanol–water partition coefficient (Wildman–Crippen LogP) is 0.989. The summed E-state index contributed by atoms with van der Waals surface area (Å²) in [6.45, 7) is 2.33. The van der Waals surface area contributed by atoms with E-state index in [4.69, 9.17) is 4.74 Å². The van der Waals surface area contributed by atoms with Crippen LogP contribution >= 0.6 is 0 Å². The summed E-state index contributed by atoms with van der Waals surface area (Å²) in [6, 6.07) is 6.67. The van der Waals surface area contributed by atoms with Gasteiger partial charge in [0.15, 0.2) is 0 Å². The Kier molecular flexibility index (Phi) is 3.89. The number of nitrogens with one attached hydrogen (secondary N) is 1. The highest BCUT2D eigenvalue weighted by Gasteiger charge is 2.35. The molecule has 0 radical (unpaired) electrons. The molecule has 2 atom stereocenters. The second kappa shape index (κ2) is 5.26. The van der Waals surface area contributed by atoms with E-state index < -0.39 is 15.3 Å². The zero-order valence-electron chi connectivity index (χ0n) is 10.2. The summed E-state index contributed by atoms with van der Waals surface area (Å²) in [5.74, 6) is 0.0934. The maximum Gasteiger partial charge on any atom is 0.217 e. The van der Waals surface area contributed by atoms with Crippen LogP contribution in [0, 0.1) is 0 Å². The van der Waals surface area contributed by atoms with Gasteiger partial charge in [0.05, 0.1) is 6.10 Å². The molecule has 18 heavy (non-hydrogen) atoms. The minimum absolute atomic E-state index is 0.0934. The van der Waals surface area contributed by atoms with E-state index in [1.807, 2.05) is 0 Å². The maximum absolute atomic E-state index is 12.1. The second-order valence-electron chi connectivity index (χ2n) is 4.40. The van der Waals surface area contributed by atoms with Gasteiger partial charge in [-0.25, -0.2) is 13.1 Å². The van der Waals surface area contributed by atoms with Crippen LogP contribution in [0.1, 0.15) is 18.9 Å². The van der Waals surface area contributed by atoms with E-state index in [9.17, 15) is 13.5 Å². The Morgan fingerprint density at radius 2 is 2.17 bits per heavy atom. The first kappa shape index (κ1) is 13.3. The van der Waals surface area contributed by atoms with Crippen molar-refractivity contribution in [2.24, 2.45) is 0 Å². The third-order valence-electron chi connectivity index (χ3n) is 3.16. The fourth-order valence-corrected chi connectivity index (χ4v) is 3.63. The van der Waals surface area contributed by atoms with Crippen molar-refractivity contribution in [3.63, 3.8) is 0 Å². The van der Waals surface area contributed by atoms with Crippen molar-refractivity contribution in [1.82, 2.24) is 4.72 Å². The first-order chi connectivity index (χ1) is 8.50. The average Bonchev–Trinajstić information content (AvgIpc) is 2.75. The molecule has 0 spiro atoms. The van der Waals surface area contributed by atoms with Crippen molar-refractivity contribution < 1.29 is 18.3 Å². The minimum atomic E-state index is -3.41. The SMILES string of the molecule is CC1OCCC1S(=O)(=O)NCc1ccccc1O. The zero-order chi connectivity index (χ0) is 13.2. The van der Waals surface area contributed by atoms with E-state index in [1.54, 1.807) is 25.1 Å². The monoisotopic (exact) mass is 271 g/mol. The number of hydrogen-bond donors (Lipinski definition) is 2. The van der Waals surface area contributed by atoms with Gasteiger partial charge < -0.3 is 9.84 Å². The Balaban J connectivity index is 2.04. The Morgan fingerprint density at radius 3 is 2.78 bits per heavy atom. The van der Waals surface area contributed by atoms with Gasteiger partial charge in [-0.2, -0.15) is 0 Å². The first-order valence-corrected chi connectivity index (χ1v) is 7.42. The molecule has 1 aliphatic heterocycles. The molecule has 0 aromatic heterocycles. The third kappa shape index (κ3) is 2.82. The standard InChI is InChI=1S/C12H17NO4S/c1-9-12(6-7-17-9)18(15,16)13-8-10-4-2-3-5-11(10)14/h2-5,9,12-14H,6-8H2,1H3. The molecule has 0 aliphatic carbocycles. The quantitative estimate of drug-likeness (QED) is 0.856. The fourth-order valence-electron chi connectivity index (χ4n) is 2.07. The van der Waals surface area contributed by atoms with Crippen molar-refractivity contribution >= 4 is 10.0 Å². The molecular weight excluding hydrogens is 254 g/mol. The normalized spacial score (nSPS) is 24.3. The number of aromatic hydroxyl groups is 1. The fraction of sp³-hybridized carbons (Fsp3) is 0.500. The minimum Gasteiger partial charge on any atom is -0.508 e. The van der Waals surface area contributed by atoms with Crippen molar-refractivity contribution in [2.75, 3.05) is 6.61 Å². The van der Waals surface area contributed by atoms with Crippen LogP contribution in [-0.4, -0.2) is 31.5 Å². The molecule has 2 rings (SSSR count). The van der Waals surface area contributed by atoms with Crippen LogP contribution in [0.2, 0.25) is 0 Å². The molecule has 1 fully saturated rings. The van der Waals surface area contributed by atoms with Crippen molar-refractivity contribution in [2.45, 2.75) is 31.2 Å². The Hall–Kier alpha value is -1.11. The molecule has 1 aliphatic rings. The lowest BCUT2D eigenvalue weighted by atomic mass is 10.2.